The van der Waals surface area contributed by atoms with E-state index >= 15 is 0 Å². The second-order valence-electron chi connectivity index (χ2n) is 21.0. The van der Waals surface area contributed by atoms with E-state index in [2.05, 4.69) is 41.9 Å². The molecule has 0 bridgehead atoms. The highest BCUT2D eigenvalue weighted by atomic mass is 35.5. The van der Waals surface area contributed by atoms with E-state index in [4.69, 9.17) is 54.5 Å². The number of aromatic nitrogens is 4. The molecule has 434 valence electrons. The highest BCUT2D eigenvalue weighted by Crippen LogP contribution is 2.55. The molecule has 1 aliphatic heterocycles. The Morgan fingerprint density at radius 2 is 1.40 bits per heavy atom. The highest BCUT2D eigenvalue weighted by Gasteiger charge is 2.64. The van der Waals surface area contributed by atoms with Gasteiger partial charge < -0.3 is 68.5 Å². The summed E-state index contributed by atoms with van der Waals surface area (Å²) in [5, 5.41) is 18.8. The zero-order chi connectivity index (χ0) is 57.2. The molecule has 2 aromatic carbocycles. The first-order valence-corrected chi connectivity index (χ1v) is 27.8. The smallest absolute Gasteiger partial charge is 0.254 e. The summed E-state index contributed by atoms with van der Waals surface area (Å²) in [5.41, 5.74) is 1.65. The van der Waals surface area contributed by atoms with Gasteiger partial charge in [0.05, 0.1) is 114 Å². The molecule has 22 nitrogen and oxygen atoms in total. The third kappa shape index (κ3) is 15.5. The number of nitrogens with zero attached hydrogens (tertiary/aromatic N) is 8. The van der Waals surface area contributed by atoms with Crippen LogP contribution in [0.5, 0.6) is 11.5 Å². The summed E-state index contributed by atoms with van der Waals surface area (Å²) in [6.07, 6.45) is 9.52. The number of ether oxygens (including phenoxy) is 8. The molecule has 2 saturated carbocycles. The molecule has 3 N–H and O–H groups in total. The Morgan fingerprint density at radius 3 is 1.98 bits per heavy atom. The molecule has 2 aromatic heterocycles. The molecule has 2 aliphatic carbocycles. The van der Waals surface area contributed by atoms with Crippen molar-refractivity contribution in [3.8, 4) is 17.6 Å². The molecule has 3 heterocycles. The molecule has 0 unspecified atom stereocenters. The van der Waals surface area contributed by atoms with Crippen molar-refractivity contribution >= 4 is 58.4 Å². The van der Waals surface area contributed by atoms with Crippen LogP contribution >= 0.6 is 11.6 Å². The van der Waals surface area contributed by atoms with Gasteiger partial charge in [0.1, 0.15) is 35.4 Å². The molecule has 0 saturated heterocycles. The number of halogens is 1. The van der Waals surface area contributed by atoms with E-state index in [1.807, 2.05) is 46.6 Å². The Kier molecular flexibility index (Phi) is 22.4. The fourth-order valence-electron chi connectivity index (χ4n) is 10.8. The lowest BCUT2D eigenvalue weighted by molar-refractivity contribution is -0.164. The summed E-state index contributed by atoms with van der Waals surface area (Å²) >= 11 is 6.23. The lowest BCUT2D eigenvalue weighted by Gasteiger charge is -2.63. The number of amides is 3. The van der Waals surface area contributed by atoms with Crippen LogP contribution in [0.25, 0.3) is 0 Å². The maximum atomic E-state index is 13.3. The van der Waals surface area contributed by atoms with Gasteiger partial charge in [0.15, 0.2) is 5.82 Å². The highest BCUT2D eigenvalue weighted by molar-refractivity contribution is 6.31. The SMILES string of the molecule is CC[C@@H]1C(=O)N(C)c2cnc(Nc3ccc(C(=O)NCCOCCOCCOCCOCCOCCOCCN(C)c4ncc(C(=O)NC5C(C)(C)C(Oc6ccc(C#N)c(Cl)c6)C5(C)C)cn4)cc3OC)nc2N1C1CCCC1. The van der Waals surface area contributed by atoms with Crippen molar-refractivity contribution in [1.29, 1.82) is 5.26 Å². The van der Waals surface area contributed by atoms with Gasteiger partial charge in [-0.3, -0.25) is 14.4 Å². The van der Waals surface area contributed by atoms with Gasteiger partial charge in [-0.2, -0.15) is 10.2 Å². The third-order valence-corrected chi connectivity index (χ3v) is 15.1. The number of likely N-dealkylation sites (N-methyl/N-ethyl adjacent to an activating group) is 2. The number of nitriles is 1. The Bertz CT molecular complexity index is 2710. The number of carbonyl (C=O) groups is 3. The zero-order valence-electron chi connectivity index (χ0n) is 47.4. The summed E-state index contributed by atoms with van der Waals surface area (Å²) in [5.74, 6) is 2.13. The van der Waals surface area contributed by atoms with Crippen LogP contribution in [-0.4, -0.2) is 175 Å². The van der Waals surface area contributed by atoms with E-state index in [0.29, 0.717) is 155 Å². The van der Waals surface area contributed by atoms with E-state index in [1.165, 1.54) is 19.5 Å². The first-order chi connectivity index (χ1) is 38.6. The van der Waals surface area contributed by atoms with Crippen LogP contribution in [0.4, 0.5) is 29.1 Å². The van der Waals surface area contributed by atoms with Crippen molar-refractivity contribution in [3.05, 3.63) is 76.7 Å². The molecule has 23 heteroatoms. The monoisotopic (exact) mass is 1130 g/mol. The number of hydrogen-bond donors (Lipinski definition) is 3. The van der Waals surface area contributed by atoms with Crippen molar-refractivity contribution in [3.63, 3.8) is 0 Å². The molecule has 1 atom stereocenters. The molecule has 0 radical (unpaired) electrons. The van der Waals surface area contributed by atoms with Gasteiger partial charge in [-0.25, -0.2) is 15.0 Å². The standard InChI is InChI=1S/C57H78ClN11O11/c1-9-45-51(72)68(7)46-37-61-54(65-48(46)69(45)41-12-10-11-13-41)64-44-17-15-38(32-47(44)73-8)49(70)60-18-20-74-22-24-76-26-28-78-30-31-79-29-27-77-25-23-75-21-19-67(6)55-62-35-40(36-63-55)50(71)66-52-56(2,3)53(57(52,4)5)80-42-16-14-39(34-59)43(58)33-42/h14-17,32-33,35-37,41,45,52-53H,9-13,18-31H2,1-8H3,(H,60,70)(H,66,71)(H,61,64,65)/t45-,52?,53?/m1/s1. The number of hydrogen-bond acceptors (Lipinski definition) is 19. The average Bonchev–Trinajstić information content (AvgIpc) is 4.14. The lowest BCUT2D eigenvalue weighted by atomic mass is 9.49. The summed E-state index contributed by atoms with van der Waals surface area (Å²) in [6, 6.07) is 12.0. The Labute approximate surface area is 474 Å². The summed E-state index contributed by atoms with van der Waals surface area (Å²) in [6.45, 7) is 16.0. The molecule has 4 aromatic rings. The van der Waals surface area contributed by atoms with Crippen molar-refractivity contribution in [1.82, 2.24) is 30.6 Å². The number of carbonyl (C=O) groups excluding carboxylic acids is 3. The van der Waals surface area contributed by atoms with Gasteiger partial charge >= 0.3 is 0 Å². The zero-order valence-corrected chi connectivity index (χ0v) is 48.1. The van der Waals surface area contributed by atoms with Gasteiger partial charge in [-0.05, 0) is 49.6 Å². The quantitative estimate of drug-likeness (QED) is 0.0435. The fraction of sp³-hybridized carbons (Fsp3) is 0.579. The lowest BCUT2D eigenvalue weighted by Crippen LogP contribution is -2.74. The first kappa shape index (κ1) is 61.2. The minimum Gasteiger partial charge on any atom is -0.495 e. The minimum atomic E-state index is -0.403. The number of methoxy groups -OCH3 is 1. The van der Waals surface area contributed by atoms with Crippen LogP contribution in [0.3, 0.4) is 0 Å². The second-order valence-corrected chi connectivity index (χ2v) is 21.4. The minimum absolute atomic E-state index is 0.0582. The van der Waals surface area contributed by atoms with Crippen molar-refractivity contribution in [2.45, 2.75) is 91.0 Å². The van der Waals surface area contributed by atoms with E-state index in [0.717, 1.165) is 31.5 Å². The molecule has 3 aliphatic rings. The van der Waals surface area contributed by atoms with Gasteiger partial charge in [0.2, 0.25) is 17.8 Å². The van der Waals surface area contributed by atoms with Crippen LogP contribution in [-0.2, 0) is 33.2 Å². The van der Waals surface area contributed by atoms with Crippen LogP contribution in [0, 0.1) is 22.2 Å². The van der Waals surface area contributed by atoms with Crippen LogP contribution in [0.1, 0.15) is 93.0 Å². The molecular formula is C57H78ClN11O11. The largest absolute Gasteiger partial charge is 0.495 e. The number of anilines is 5. The van der Waals surface area contributed by atoms with Crippen molar-refractivity contribution < 1.29 is 52.3 Å². The van der Waals surface area contributed by atoms with Crippen LogP contribution in [0.2, 0.25) is 5.02 Å². The maximum Gasteiger partial charge on any atom is 0.254 e. The molecule has 2 fully saturated rings. The number of rotatable bonds is 32. The van der Waals surface area contributed by atoms with Gasteiger partial charge in [0.25, 0.3) is 11.8 Å². The molecular weight excluding hydrogens is 1050 g/mol. The number of benzene rings is 2. The van der Waals surface area contributed by atoms with Crippen molar-refractivity contribution in [2.24, 2.45) is 10.8 Å². The maximum absolute atomic E-state index is 13.3. The second kappa shape index (κ2) is 29.3. The van der Waals surface area contributed by atoms with Gasteiger partial charge in [-0.15, -0.1) is 0 Å². The summed E-state index contributed by atoms with van der Waals surface area (Å²) in [4.78, 5) is 63.5. The van der Waals surface area contributed by atoms with E-state index in [1.54, 1.807) is 54.5 Å². The average molecular weight is 1130 g/mol. The first-order valence-electron chi connectivity index (χ1n) is 27.4. The third-order valence-electron chi connectivity index (χ3n) is 14.8. The summed E-state index contributed by atoms with van der Waals surface area (Å²) in [7, 11) is 5.17. The Morgan fingerprint density at radius 1 is 0.800 bits per heavy atom. The van der Waals surface area contributed by atoms with E-state index < -0.39 is 10.8 Å². The molecule has 0 spiro atoms. The predicted molar refractivity (Wildman–Crippen MR) is 302 cm³/mol. The van der Waals surface area contributed by atoms with Crippen LogP contribution < -0.4 is 40.1 Å². The summed E-state index contributed by atoms with van der Waals surface area (Å²) < 4.78 is 45.7. The van der Waals surface area contributed by atoms with E-state index in [-0.39, 0.29) is 42.0 Å². The van der Waals surface area contributed by atoms with Gasteiger partial charge in [0, 0.05) is 74.1 Å². The predicted octanol–water partition coefficient (Wildman–Crippen LogP) is 6.63. The normalized spacial score (nSPS) is 18.2. The fourth-order valence-corrected chi connectivity index (χ4v) is 11.0. The Hall–Kier alpha value is -6.45. The number of nitrogens with one attached hydrogen (secondary N) is 3. The number of fused-ring (bicyclic) bond motifs is 1. The van der Waals surface area contributed by atoms with Crippen LogP contribution in [0.15, 0.2) is 55.0 Å². The van der Waals surface area contributed by atoms with Gasteiger partial charge in [-0.1, -0.05) is 59.1 Å². The topological polar surface area (TPSA) is 246 Å². The van der Waals surface area contributed by atoms with E-state index in [9.17, 15) is 19.6 Å². The molecule has 7 rings (SSSR count). The molecule has 80 heavy (non-hydrogen) atoms. The van der Waals surface area contributed by atoms with Crippen molar-refractivity contribution in [2.75, 3.05) is 134 Å². The molecule has 3 amide bonds. The Balaban J connectivity index is 0.658.